The van der Waals surface area contributed by atoms with Gasteiger partial charge in [-0.3, -0.25) is 0 Å². The molecule has 0 aliphatic rings. The van der Waals surface area contributed by atoms with Gasteiger partial charge in [-0.2, -0.15) is 5.10 Å². The van der Waals surface area contributed by atoms with Crippen LogP contribution in [0.1, 0.15) is 25.5 Å². The molecule has 2 heterocycles. The van der Waals surface area contributed by atoms with Gasteiger partial charge in [0.25, 0.3) is 0 Å². The number of halogens is 3. The smallest absolute Gasteiger partial charge is 0.178 e. The van der Waals surface area contributed by atoms with Crippen LogP contribution < -0.4 is 11.5 Å². The highest BCUT2D eigenvalue weighted by atomic mass is 35.5. The fraction of sp³-hybridized carbons (Fsp3) is 0.333. The first-order valence-electron chi connectivity index (χ1n) is 5.55. The lowest BCUT2D eigenvalue weighted by Gasteiger charge is -2.00. The molecule has 20 heavy (non-hydrogen) atoms. The van der Waals surface area contributed by atoms with Crippen LogP contribution in [-0.2, 0) is 0 Å². The molecule has 0 aromatic carbocycles. The number of nitrogens with two attached hydrogens (primary N) is 2. The number of hydrogen-bond acceptors (Lipinski definition) is 4. The Morgan fingerprint density at radius 2 is 2.05 bits per heavy atom. The second-order valence-corrected chi connectivity index (χ2v) is 3.84. The molecule has 2 rings (SSSR count). The van der Waals surface area contributed by atoms with Crippen molar-refractivity contribution in [3.05, 3.63) is 24.2 Å². The average molecular weight is 339 g/mol. The Kier molecular flexibility index (Phi) is 10.2. The van der Waals surface area contributed by atoms with Crippen molar-refractivity contribution in [2.45, 2.75) is 25.8 Å². The second-order valence-electron chi connectivity index (χ2n) is 3.84. The summed E-state index contributed by atoms with van der Waals surface area (Å²) in [7, 11) is 0. The molecule has 0 unspecified atom stereocenters. The predicted molar refractivity (Wildman–Crippen MR) is 88.9 cm³/mol. The summed E-state index contributed by atoms with van der Waals surface area (Å²) in [6.45, 7) is 2.04. The SMILES string of the molecule is CC[C@H](N)CC#Cc1cnc2c(N)ccnn12.Cl.Cl.Cl. The van der Waals surface area contributed by atoms with Gasteiger partial charge in [-0.15, -0.1) is 37.2 Å². The summed E-state index contributed by atoms with van der Waals surface area (Å²) in [5.41, 5.74) is 13.5. The number of aromatic nitrogens is 3. The van der Waals surface area contributed by atoms with Gasteiger partial charge in [-0.05, 0) is 18.4 Å². The average Bonchev–Trinajstić information content (AvgIpc) is 2.74. The van der Waals surface area contributed by atoms with Crippen molar-refractivity contribution in [1.29, 1.82) is 0 Å². The minimum absolute atomic E-state index is 0. The van der Waals surface area contributed by atoms with Crippen LogP contribution in [-0.4, -0.2) is 20.6 Å². The van der Waals surface area contributed by atoms with E-state index in [0.717, 1.165) is 12.1 Å². The van der Waals surface area contributed by atoms with Gasteiger partial charge in [0.05, 0.1) is 18.1 Å². The third-order valence-corrected chi connectivity index (χ3v) is 2.54. The van der Waals surface area contributed by atoms with Gasteiger partial charge in [0, 0.05) is 12.5 Å². The summed E-state index contributed by atoms with van der Waals surface area (Å²) in [6, 6.07) is 1.84. The summed E-state index contributed by atoms with van der Waals surface area (Å²) in [6.07, 6.45) is 4.90. The third-order valence-electron chi connectivity index (χ3n) is 2.54. The fourth-order valence-electron chi connectivity index (χ4n) is 1.42. The van der Waals surface area contributed by atoms with Gasteiger partial charge < -0.3 is 11.5 Å². The van der Waals surface area contributed by atoms with E-state index in [1.807, 2.05) is 6.92 Å². The first-order valence-corrected chi connectivity index (χ1v) is 5.55. The maximum absolute atomic E-state index is 5.79. The fourth-order valence-corrected chi connectivity index (χ4v) is 1.42. The summed E-state index contributed by atoms with van der Waals surface area (Å²) in [4.78, 5) is 4.18. The van der Waals surface area contributed by atoms with E-state index >= 15 is 0 Å². The zero-order valence-corrected chi connectivity index (χ0v) is 13.4. The first kappa shape index (κ1) is 21.1. The van der Waals surface area contributed by atoms with Crippen molar-refractivity contribution in [3.8, 4) is 11.8 Å². The number of hydrogen-bond donors (Lipinski definition) is 2. The van der Waals surface area contributed by atoms with Crippen molar-refractivity contribution in [2.24, 2.45) is 5.73 Å². The summed E-state index contributed by atoms with van der Waals surface area (Å²) in [5.74, 6) is 6.05. The number of nitrogen functional groups attached to an aromatic ring is 1. The number of fused-ring (bicyclic) bond motifs is 1. The van der Waals surface area contributed by atoms with Crippen LogP contribution in [0.15, 0.2) is 18.5 Å². The van der Waals surface area contributed by atoms with Crippen LogP contribution in [0.25, 0.3) is 5.65 Å². The van der Waals surface area contributed by atoms with Crippen LogP contribution >= 0.6 is 37.2 Å². The van der Waals surface area contributed by atoms with E-state index in [2.05, 4.69) is 21.9 Å². The highest BCUT2D eigenvalue weighted by Crippen LogP contribution is 2.10. The number of rotatable bonds is 2. The van der Waals surface area contributed by atoms with Crippen LogP contribution in [0.3, 0.4) is 0 Å². The van der Waals surface area contributed by atoms with E-state index in [4.69, 9.17) is 11.5 Å². The van der Waals surface area contributed by atoms with E-state index < -0.39 is 0 Å². The Bertz CT molecular complexity index is 588. The molecule has 0 aliphatic heterocycles. The Morgan fingerprint density at radius 3 is 2.70 bits per heavy atom. The van der Waals surface area contributed by atoms with Crippen LogP contribution in [0.4, 0.5) is 5.69 Å². The van der Waals surface area contributed by atoms with Crippen LogP contribution in [0.5, 0.6) is 0 Å². The molecule has 0 fully saturated rings. The Labute approximate surface area is 136 Å². The van der Waals surface area contributed by atoms with E-state index in [0.29, 0.717) is 17.8 Å². The van der Waals surface area contributed by atoms with Gasteiger partial charge in [0.2, 0.25) is 0 Å². The second kappa shape index (κ2) is 9.67. The van der Waals surface area contributed by atoms with E-state index in [9.17, 15) is 0 Å². The summed E-state index contributed by atoms with van der Waals surface area (Å²) < 4.78 is 1.64. The van der Waals surface area contributed by atoms with E-state index in [1.54, 1.807) is 23.0 Å². The molecule has 0 saturated carbocycles. The van der Waals surface area contributed by atoms with Crippen molar-refractivity contribution >= 4 is 48.6 Å². The van der Waals surface area contributed by atoms with Crippen LogP contribution in [0, 0.1) is 11.8 Å². The van der Waals surface area contributed by atoms with Crippen LogP contribution in [0.2, 0.25) is 0 Å². The monoisotopic (exact) mass is 337 g/mol. The molecule has 0 radical (unpaired) electrons. The maximum atomic E-state index is 5.79. The molecule has 4 N–H and O–H groups in total. The van der Waals surface area contributed by atoms with Gasteiger partial charge in [-0.1, -0.05) is 12.8 Å². The highest BCUT2D eigenvalue weighted by molar-refractivity contribution is 5.86. The van der Waals surface area contributed by atoms with Crippen molar-refractivity contribution in [1.82, 2.24) is 14.6 Å². The predicted octanol–water partition coefficient (Wildman–Crippen LogP) is 2.06. The van der Waals surface area contributed by atoms with Crippen molar-refractivity contribution in [3.63, 3.8) is 0 Å². The van der Waals surface area contributed by atoms with Gasteiger partial charge >= 0.3 is 0 Å². The Hall–Kier alpha value is -1.19. The number of nitrogens with zero attached hydrogens (tertiary/aromatic N) is 3. The zero-order valence-electron chi connectivity index (χ0n) is 10.9. The van der Waals surface area contributed by atoms with Crippen molar-refractivity contribution in [2.75, 3.05) is 5.73 Å². The first-order chi connectivity index (χ1) is 8.22. The normalized spacial score (nSPS) is 10.3. The molecule has 0 amide bonds. The molecule has 0 spiro atoms. The molecule has 2 aromatic rings. The molecular weight excluding hydrogens is 321 g/mol. The third kappa shape index (κ3) is 4.73. The molecule has 1 atom stereocenters. The van der Waals surface area contributed by atoms with Gasteiger partial charge in [0.1, 0.15) is 5.69 Å². The number of anilines is 1. The summed E-state index contributed by atoms with van der Waals surface area (Å²) >= 11 is 0. The summed E-state index contributed by atoms with van der Waals surface area (Å²) in [5, 5.41) is 4.16. The number of imidazole rings is 1. The van der Waals surface area contributed by atoms with E-state index in [-0.39, 0.29) is 43.3 Å². The molecule has 0 aliphatic carbocycles. The minimum Gasteiger partial charge on any atom is -0.396 e. The lowest BCUT2D eigenvalue weighted by atomic mass is 10.2. The molecule has 5 nitrogen and oxygen atoms in total. The lowest BCUT2D eigenvalue weighted by Crippen LogP contribution is -2.17. The zero-order chi connectivity index (χ0) is 12.3. The molecular formula is C12H18Cl3N5. The molecule has 8 heteroatoms. The largest absolute Gasteiger partial charge is 0.396 e. The quantitative estimate of drug-likeness (QED) is 0.821. The Morgan fingerprint density at radius 1 is 1.35 bits per heavy atom. The molecule has 0 bridgehead atoms. The molecule has 2 aromatic heterocycles. The van der Waals surface area contributed by atoms with Crippen molar-refractivity contribution < 1.29 is 0 Å². The maximum Gasteiger partial charge on any atom is 0.178 e. The molecule has 112 valence electrons. The minimum atomic E-state index is 0. The molecule has 0 saturated heterocycles. The van der Waals surface area contributed by atoms with Gasteiger partial charge in [0.15, 0.2) is 5.65 Å². The topological polar surface area (TPSA) is 82.2 Å². The highest BCUT2D eigenvalue weighted by Gasteiger charge is 2.03. The van der Waals surface area contributed by atoms with E-state index in [1.165, 1.54) is 0 Å². The Balaban J connectivity index is 0. The standard InChI is InChI=1S/C12H15N5.3ClH/c1-2-9(13)4-3-5-10-8-15-12-11(14)6-7-16-17(10)12;;;/h6-9H,2,4,13-14H2,1H3;3*1H/t9-;;;/m0.../s1. The lowest BCUT2D eigenvalue weighted by molar-refractivity contribution is 0.669. The van der Waals surface area contributed by atoms with Gasteiger partial charge in [-0.25, -0.2) is 9.50 Å².